The van der Waals surface area contributed by atoms with E-state index in [1.165, 1.54) is 0 Å². The van der Waals surface area contributed by atoms with Crippen molar-refractivity contribution in [3.05, 3.63) is 151 Å². The van der Waals surface area contributed by atoms with Gasteiger partial charge in [0.15, 0.2) is 0 Å². The van der Waals surface area contributed by atoms with E-state index in [-0.39, 0.29) is 28.5 Å². The number of benzene rings is 7. The first-order valence-corrected chi connectivity index (χ1v) is 13.0. The first-order valence-electron chi connectivity index (χ1n) is 16.5. The minimum Gasteiger partial charge on any atom is -0.455 e. The lowest BCUT2D eigenvalue weighted by Gasteiger charge is -2.29. The van der Waals surface area contributed by atoms with E-state index in [2.05, 4.69) is 18.2 Å². The molecular formula is C38H25NO. The maximum atomic E-state index is 9.19. The highest BCUT2D eigenvalue weighted by molar-refractivity contribution is 6.20. The molecule has 0 bridgehead atoms. The summed E-state index contributed by atoms with van der Waals surface area (Å²) in [6.45, 7) is 0. The Morgan fingerprint density at radius 2 is 1.27 bits per heavy atom. The number of para-hydroxylation sites is 2. The largest absolute Gasteiger partial charge is 0.455 e. The zero-order valence-electron chi connectivity index (χ0n) is 28.2. The van der Waals surface area contributed by atoms with Crippen LogP contribution >= 0.6 is 0 Å². The Bertz CT molecular complexity index is 2550. The van der Waals surface area contributed by atoms with E-state index >= 15 is 0 Å². The lowest BCUT2D eigenvalue weighted by Crippen LogP contribution is -2.11. The number of rotatable bonds is 4. The van der Waals surface area contributed by atoms with Gasteiger partial charge in [0.2, 0.25) is 0 Å². The Kier molecular flexibility index (Phi) is 3.79. The summed E-state index contributed by atoms with van der Waals surface area (Å²) in [5, 5.41) is 3.85. The van der Waals surface area contributed by atoms with Crippen LogP contribution in [0, 0.1) is 0 Å². The van der Waals surface area contributed by atoms with Gasteiger partial charge in [0.05, 0.1) is 21.0 Å². The average Bonchev–Trinajstić information content (AvgIpc) is 3.50. The van der Waals surface area contributed by atoms with Crippen LogP contribution in [0.25, 0.3) is 54.6 Å². The van der Waals surface area contributed by atoms with Gasteiger partial charge in [0.25, 0.3) is 0 Å². The van der Waals surface area contributed by atoms with Crippen LogP contribution < -0.4 is 4.90 Å². The molecule has 0 aliphatic heterocycles. The minimum absolute atomic E-state index is 0.0131. The van der Waals surface area contributed by atoms with Crippen molar-refractivity contribution in [1.82, 2.24) is 0 Å². The van der Waals surface area contributed by atoms with Crippen LogP contribution in [-0.4, -0.2) is 0 Å². The van der Waals surface area contributed by atoms with E-state index in [0.717, 1.165) is 38.3 Å². The number of anilines is 3. The normalized spacial score (nSPS) is 13.9. The van der Waals surface area contributed by atoms with Crippen LogP contribution in [0.1, 0.15) is 9.60 Å². The van der Waals surface area contributed by atoms with Gasteiger partial charge in [-0.05, 0) is 52.7 Å². The van der Waals surface area contributed by atoms with E-state index in [0.29, 0.717) is 17.0 Å². The van der Waals surface area contributed by atoms with Gasteiger partial charge in [-0.1, -0.05) is 115 Å². The standard InChI is InChI=1S/C38H25NO/c1-2-15-28(16-3-1)39(34-22-10-14-26-12-4-6-17-29(26)34)35-21-9-8-19-31(35)32-20-11-23-36-37(32)33-25-24-27-13-5-7-18-30(27)38(33)40-36/h1-25H/i4D,6D,10D,12D,14D,17D,22D. The van der Waals surface area contributed by atoms with Gasteiger partial charge in [-0.25, -0.2) is 0 Å². The molecule has 0 aliphatic rings. The van der Waals surface area contributed by atoms with Crippen molar-refractivity contribution in [2.24, 2.45) is 0 Å². The van der Waals surface area contributed by atoms with Crippen molar-refractivity contribution in [1.29, 1.82) is 0 Å². The first-order chi connectivity index (χ1) is 22.8. The fraction of sp³-hybridized carbons (Fsp3) is 0. The van der Waals surface area contributed by atoms with Crippen LogP contribution in [0.3, 0.4) is 0 Å². The second kappa shape index (κ2) is 9.14. The predicted octanol–water partition coefficient (Wildman–Crippen LogP) is 11.0. The van der Waals surface area contributed by atoms with Gasteiger partial charge >= 0.3 is 0 Å². The molecule has 8 rings (SSSR count). The third kappa shape index (κ3) is 3.50. The fourth-order valence-electron chi connectivity index (χ4n) is 5.61. The van der Waals surface area contributed by atoms with Gasteiger partial charge in [0.1, 0.15) is 11.2 Å². The number of furan rings is 1. The molecule has 7 aromatic carbocycles. The first kappa shape index (κ1) is 16.6. The monoisotopic (exact) mass is 518 g/mol. The van der Waals surface area contributed by atoms with E-state index in [1.807, 2.05) is 91.0 Å². The van der Waals surface area contributed by atoms with Gasteiger partial charge in [-0.15, -0.1) is 0 Å². The van der Waals surface area contributed by atoms with Gasteiger partial charge in [-0.2, -0.15) is 0 Å². The Morgan fingerprint density at radius 1 is 0.500 bits per heavy atom. The van der Waals surface area contributed by atoms with E-state index in [9.17, 15) is 1.37 Å². The second-order valence-corrected chi connectivity index (χ2v) is 9.61. The predicted molar refractivity (Wildman–Crippen MR) is 169 cm³/mol. The molecule has 188 valence electrons. The van der Waals surface area contributed by atoms with Crippen LogP contribution in [0.5, 0.6) is 0 Å². The fourth-order valence-corrected chi connectivity index (χ4v) is 5.61. The number of hydrogen-bond donors (Lipinski definition) is 0. The molecular weight excluding hydrogens is 486 g/mol. The maximum absolute atomic E-state index is 9.19. The summed E-state index contributed by atoms with van der Waals surface area (Å²) in [4.78, 5) is 1.77. The zero-order valence-corrected chi connectivity index (χ0v) is 21.2. The van der Waals surface area contributed by atoms with E-state index in [4.69, 9.17) is 12.6 Å². The van der Waals surface area contributed by atoms with Crippen LogP contribution in [0.2, 0.25) is 0 Å². The van der Waals surface area contributed by atoms with Crippen molar-refractivity contribution in [3.8, 4) is 11.1 Å². The van der Waals surface area contributed by atoms with Gasteiger partial charge in [-0.3, -0.25) is 0 Å². The molecule has 0 aliphatic carbocycles. The summed E-state index contributed by atoms with van der Waals surface area (Å²) in [6.07, 6.45) is 0. The van der Waals surface area contributed by atoms with Crippen molar-refractivity contribution < 1.29 is 14.0 Å². The molecule has 0 unspecified atom stereocenters. The molecule has 0 saturated carbocycles. The maximum Gasteiger partial charge on any atom is 0.143 e. The molecule has 2 nitrogen and oxygen atoms in total. The Hall–Kier alpha value is -5.34. The van der Waals surface area contributed by atoms with Crippen LogP contribution in [0.4, 0.5) is 17.1 Å². The van der Waals surface area contributed by atoms with Crippen molar-refractivity contribution in [2.75, 3.05) is 4.90 Å². The number of fused-ring (bicyclic) bond motifs is 6. The molecule has 0 N–H and O–H groups in total. The molecule has 0 amide bonds. The van der Waals surface area contributed by atoms with E-state index in [1.54, 1.807) is 4.90 Å². The molecule has 0 atom stereocenters. The lowest BCUT2D eigenvalue weighted by atomic mass is 9.96. The minimum atomic E-state index is -0.489. The third-order valence-corrected chi connectivity index (χ3v) is 7.35. The number of hydrogen-bond acceptors (Lipinski definition) is 2. The molecule has 0 radical (unpaired) electrons. The lowest BCUT2D eigenvalue weighted by molar-refractivity contribution is 0.673. The van der Waals surface area contributed by atoms with Crippen molar-refractivity contribution >= 4 is 60.5 Å². The molecule has 0 saturated heterocycles. The van der Waals surface area contributed by atoms with Gasteiger partial charge in [0, 0.05) is 32.8 Å². The summed E-state index contributed by atoms with van der Waals surface area (Å²) in [7, 11) is 0. The number of nitrogens with zero attached hydrogens (tertiary/aromatic N) is 1. The second-order valence-electron chi connectivity index (χ2n) is 9.61. The molecule has 2 heteroatoms. The summed E-state index contributed by atoms with van der Waals surface area (Å²) < 4.78 is 67.6. The highest BCUT2D eigenvalue weighted by Crippen LogP contribution is 2.46. The Labute approximate surface area is 242 Å². The molecule has 8 aromatic rings. The summed E-state index contributed by atoms with van der Waals surface area (Å²) in [6, 6.07) is 32.2. The average molecular weight is 519 g/mol. The highest BCUT2D eigenvalue weighted by atomic mass is 16.3. The quantitative estimate of drug-likeness (QED) is 0.230. The van der Waals surface area contributed by atoms with Crippen molar-refractivity contribution in [2.45, 2.75) is 0 Å². The summed E-state index contributed by atoms with van der Waals surface area (Å²) in [5.74, 6) is 0. The van der Waals surface area contributed by atoms with Crippen molar-refractivity contribution in [3.63, 3.8) is 0 Å². The summed E-state index contributed by atoms with van der Waals surface area (Å²) in [5.41, 5.74) is 4.49. The molecule has 1 heterocycles. The molecule has 1 aromatic heterocycles. The van der Waals surface area contributed by atoms with Crippen LogP contribution in [0.15, 0.2) is 156 Å². The highest BCUT2D eigenvalue weighted by Gasteiger charge is 2.21. The Morgan fingerprint density at radius 3 is 2.23 bits per heavy atom. The van der Waals surface area contributed by atoms with Gasteiger partial charge < -0.3 is 9.32 Å². The zero-order chi connectivity index (χ0) is 32.6. The SMILES string of the molecule is [2H]c1c([2H])c([2H])c2c(N(c3ccccc3)c3ccccc3-c3cccc4oc5c6ccccc6ccc5c34)c([2H])c([2H])c([2H])c2c1[2H]. The third-order valence-electron chi connectivity index (χ3n) is 7.35. The molecule has 0 fully saturated rings. The van der Waals surface area contributed by atoms with Crippen LogP contribution in [-0.2, 0) is 0 Å². The molecule has 40 heavy (non-hydrogen) atoms. The molecule has 0 spiro atoms. The topological polar surface area (TPSA) is 16.4 Å². The van der Waals surface area contributed by atoms with E-state index < -0.39 is 30.2 Å². The smallest absolute Gasteiger partial charge is 0.143 e. The Balaban J connectivity index is 1.50. The summed E-state index contributed by atoms with van der Waals surface area (Å²) >= 11 is 0.